The zero-order valence-corrected chi connectivity index (χ0v) is 16.8. The van der Waals surface area contributed by atoms with Crippen LogP contribution in [0.15, 0.2) is 72.9 Å². The van der Waals surface area contributed by atoms with Crippen LogP contribution < -0.4 is 5.32 Å². The highest BCUT2D eigenvalue weighted by Gasteiger charge is 2.15. The molecule has 0 saturated heterocycles. The minimum Gasteiger partial charge on any atom is -0.321 e. The fraction of sp³-hybridized carbons (Fsp3) is 0.0870. The maximum Gasteiger partial charge on any atom is 0.274 e. The minimum atomic E-state index is -0.241. The van der Waals surface area contributed by atoms with E-state index in [1.807, 2.05) is 62.4 Å². The molecule has 0 spiro atoms. The van der Waals surface area contributed by atoms with Crippen LogP contribution in [-0.4, -0.2) is 20.4 Å². The second-order valence-corrected chi connectivity index (χ2v) is 7.10. The normalized spacial score (nSPS) is 10.7. The predicted octanol–water partition coefficient (Wildman–Crippen LogP) is 5.46. The molecule has 0 aliphatic rings. The highest BCUT2D eigenvalue weighted by atomic mass is 35.5. The monoisotopic (exact) mass is 402 g/mol. The molecule has 0 fully saturated rings. The van der Waals surface area contributed by atoms with Gasteiger partial charge >= 0.3 is 0 Å². The van der Waals surface area contributed by atoms with Gasteiger partial charge in [0.15, 0.2) is 0 Å². The molecule has 2 aromatic carbocycles. The summed E-state index contributed by atoms with van der Waals surface area (Å²) in [6.07, 6.45) is 1.60. The number of nitrogens with zero attached hydrogens (tertiary/aromatic N) is 3. The van der Waals surface area contributed by atoms with E-state index in [2.05, 4.69) is 14.9 Å². The van der Waals surface area contributed by atoms with Gasteiger partial charge in [0.2, 0.25) is 0 Å². The summed E-state index contributed by atoms with van der Waals surface area (Å²) in [7, 11) is 0. The van der Waals surface area contributed by atoms with Crippen molar-refractivity contribution in [2.45, 2.75) is 13.8 Å². The Hall–Kier alpha value is -3.44. The molecule has 0 radical (unpaired) electrons. The zero-order chi connectivity index (χ0) is 20.4. The Morgan fingerprint density at radius 3 is 2.34 bits per heavy atom. The summed E-state index contributed by atoms with van der Waals surface area (Å²) in [5.41, 5.74) is 5.04. The molecule has 144 valence electrons. The molecule has 4 aromatic rings. The fourth-order valence-electron chi connectivity index (χ4n) is 3.10. The summed E-state index contributed by atoms with van der Waals surface area (Å²) in [6.45, 7) is 4.03. The first-order valence-electron chi connectivity index (χ1n) is 9.17. The second kappa shape index (κ2) is 7.89. The molecule has 1 amide bonds. The summed E-state index contributed by atoms with van der Waals surface area (Å²) >= 11 is 6.03. The Bertz CT molecular complexity index is 1150. The smallest absolute Gasteiger partial charge is 0.274 e. The van der Waals surface area contributed by atoms with Crippen molar-refractivity contribution >= 4 is 23.2 Å². The number of carbonyl (C=O) groups is 1. The summed E-state index contributed by atoms with van der Waals surface area (Å²) in [4.78, 5) is 21.1. The predicted molar refractivity (Wildman–Crippen MR) is 116 cm³/mol. The molecular weight excluding hydrogens is 384 g/mol. The van der Waals surface area contributed by atoms with E-state index >= 15 is 0 Å². The number of nitrogens with one attached hydrogen (secondary N) is 1. The lowest BCUT2D eigenvalue weighted by molar-refractivity contribution is 0.102. The van der Waals surface area contributed by atoms with Crippen LogP contribution in [0.4, 0.5) is 5.69 Å². The number of hydrogen-bond donors (Lipinski definition) is 1. The summed E-state index contributed by atoms with van der Waals surface area (Å²) in [5, 5.41) is 3.56. The van der Waals surface area contributed by atoms with Crippen molar-refractivity contribution in [1.29, 1.82) is 0 Å². The molecule has 0 saturated carbocycles. The molecule has 0 bridgehead atoms. The van der Waals surface area contributed by atoms with Crippen LogP contribution in [-0.2, 0) is 0 Å². The van der Waals surface area contributed by atoms with Gasteiger partial charge in [-0.25, -0.2) is 4.98 Å². The molecule has 0 aliphatic carbocycles. The van der Waals surface area contributed by atoms with Gasteiger partial charge in [0.05, 0.1) is 5.69 Å². The van der Waals surface area contributed by atoms with Crippen molar-refractivity contribution in [1.82, 2.24) is 14.5 Å². The van der Waals surface area contributed by atoms with Crippen LogP contribution in [0.3, 0.4) is 0 Å². The van der Waals surface area contributed by atoms with Gasteiger partial charge < -0.3 is 5.32 Å². The Morgan fingerprint density at radius 1 is 0.966 bits per heavy atom. The maximum absolute atomic E-state index is 12.3. The molecule has 2 aromatic heterocycles. The van der Waals surface area contributed by atoms with Gasteiger partial charge in [0, 0.05) is 33.9 Å². The third-order valence-electron chi connectivity index (χ3n) is 4.73. The SMILES string of the molecule is Cc1nc(-c2ccc(Cl)cc2)n(-c2ccc(NC(=O)c3ccccn3)cc2)c1C. The van der Waals surface area contributed by atoms with Crippen molar-refractivity contribution < 1.29 is 4.79 Å². The summed E-state index contributed by atoms with van der Waals surface area (Å²) in [6, 6.07) is 20.5. The number of hydrogen-bond acceptors (Lipinski definition) is 3. The first-order chi connectivity index (χ1) is 14.0. The highest BCUT2D eigenvalue weighted by molar-refractivity contribution is 6.30. The Kier molecular flexibility index (Phi) is 5.14. The van der Waals surface area contributed by atoms with Crippen LogP contribution in [0.5, 0.6) is 0 Å². The van der Waals surface area contributed by atoms with Gasteiger partial charge in [-0.05, 0) is 74.5 Å². The first kappa shape index (κ1) is 18.9. The molecule has 5 nitrogen and oxygen atoms in total. The zero-order valence-electron chi connectivity index (χ0n) is 16.1. The number of aromatic nitrogens is 3. The summed E-state index contributed by atoms with van der Waals surface area (Å²) in [5.74, 6) is 0.608. The van der Waals surface area contributed by atoms with Crippen molar-refractivity contribution in [3.8, 4) is 17.1 Å². The van der Waals surface area contributed by atoms with Gasteiger partial charge in [-0.3, -0.25) is 14.3 Å². The van der Waals surface area contributed by atoms with Crippen molar-refractivity contribution in [3.05, 3.63) is 95.0 Å². The van der Waals surface area contributed by atoms with Crippen LogP contribution in [0.1, 0.15) is 21.9 Å². The third kappa shape index (κ3) is 3.91. The number of amides is 1. The van der Waals surface area contributed by atoms with Gasteiger partial charge in [-0.15, -0.1) is 0 Å². The third-order valence-corrected chi connectivity index (χ3v) is 4.98. The van der Waals surface area contributed by atoms with Crippen molar-refractivity contribution in [2.24, 2.45) is 0 Å². The van der Waals surface area contributed by atoms with Crippen LogP contribution >= 0.6 is 11.6 Å². The van der Waals surface area contributed by atoms with Gasteiger partial charge in [0.25, 0.3) is 5.91 Å². The van der Waals surface area contributed by atoms with Crippen LogP contribution in [0.25, 0.3) is 17.1 Å². The molecule has 4 rings (SSSR count). The molecule has 0 aliphatic heterocycles. The number of aryl methyl sites for hydroxylation is 1. The van der Waals surface area contributed by atoms with Crippen LogP contribution in [0.2, 0.25) is 5.02 Å². The second-order valence-electron chi connectivity index (χ2n) is 6.66. The summed E-state index contributed by atoms with van der Waals surface area (Å²) < 4.78 is 2.10. The molecule has 6 heteroatoms. The molecule has 0 atom stereocenters. The molecular formula is C23H19ClN4O. The number of benzene rings is 2. The van der Waals surface area contributed by atoms with E-state index < -0.39 is 0 Å². The lowest BCUT2D eigenvalue weighted by atomic mass is 10.2. The lowest BCUT2D eigenvalue weighted by Crippen LogP contribution is -2.13. The lowest BCUT2D eigenvalue weighted by Gasteiger charge is -2.12. The fourth-order valence-corrected chi connectivity index (χ4v) is 3.23. The minimum absolute atomic E-state index is 0.241. The molecule has 29 heavy (non-hydrogen) atoms. The molecule has 0 unspecified atom stereocenters. The highest BCUT2D eigenvalue weighted by Crippen LogP contribution is 2.28. The van der Waals surface area contributed by atoms with Crippen molar-refractivity contribution in [3.63, 3.8) is 0 Å². The molecule has 1 N–H and O–H groups in total. The van der Waals surface area contributed by atoms with Crippen molar-refractivity contribution in [2.75, 3.05) is 5.32 Å². The van der Waals surface area contributed by atoms with Gasteiger partial charge in [0.1, 0.15) is 11.5 Å². The van der Waals surface area contributed by atoms with E-state index in [4.69, 9.17) is 16.6 Å². The number of pyridine rings is 1. The van der Waals surface area contributed by atoms with E-state index in [-0.39, 0.29) is 5.91 Å². The van der Waals surface area contributed by atoms with Crippen LogP contribution in [0, 0.1) is 13.8 Å². The topological polar surface area (TPSA) is 59.8 Å². The number of halogens is 1. The Labute approximate surface area is 174 Å². The average molecular weight is 403 g/mol. The number of imidazole rings is 1. The van der Waals surface area contributed by atoms with Gasteiger partial charge in [-0.2, -0.15) is 0 Å². The first-order valence-corrected chi connectivity index (χ1v) is 9.55. The number of carbonyl (C=O) groups excluding carboxylic acids is 1. The number of anilines is 1. The molecule has 2 heterocycles. The van der Waals surface area contributed by atoms with E-state index in [0.717, 1.165) is 28.5 Å². The van der Waals surface area contributed by atoms with Gasteiger partial charge in [-0.1, -0.05) is 17.7 Å². The van der Waals surface area contributed by atoms with E-state index in [9.17, 15) is 4.79 Å². The Morgan fingerprint density at radius 2 is 1.69 bits per heavy atom. The maximum atomic E-state index is 12.3. The standard InChI is InChI=1S/C23H19ClN4O/c1-15-16(2)28(22(26-15)17-6-8-18(24)9-7-17)20-12-10-19(11-13-20)27-23(29)21-5-3-4-14-25-21/h3-14H,1-2H3,(H,27,29). The average Bonchev–Trinajstić information content (AvgIpc) is 3.04. The quantitative estimate of drug-likeness (QED) is 0.493. The Balaban J connectivity index is 1.64. The van der Waals surface area contributed by atoms with E-state index in [1.165, 1.54) is 0 Å². The number of rotatable bonds is 4. The largest absolute Gasteiger partial charge is 0.321 e. The van der Waals surface area contributed by atoms with E-state index in [0.29, 0.717) is 16.4 Å². The van der Waals surface area contributed by atoms with E-state index in [1.54, 1.807) is 24.4 Å².